The Morgan fingerprint density at radius 3 is 2.54 bits per heavy atom. The molecule has 0 spiro atoms. The fourth-order valence-corrected chi connectivity index (χ4v) is 4.66. The average molecular weight is 367 g/mol. The van der Waals surface area contributed by atoms with E-state index in [4.69, 9.17) is 4.74 Å². The smallest absolute Gasteiger partial charge is 0.334 e. The molecule has 4 rings (SSSR count). The molecular weight excluding hydrogens is 350 g/mol. The number of carbonyl (C=O) groups excluding carboxylic acids is 3. The number of fused-ring (bicyclic) bond motifs is 1. The van der Waals surface area contributed by atoms with Crippen LogP contribution in [0.15, 0.2) is 59.5 Å². The van der Waals surface area contributed by atoms with E-state index in [9.17, 15) is 14.4 Å². The highest BCUT2D eigenvalue weighted by molar-refractivity contribution is 7.10. The summed E-state index contributed by atoms with van der Waals surface area (Å²) in [5, 5.41) is 1.90. The lowest BCUT2D eigenvalue weighted by molar-refractivity contribution is -0.138. The van der Waals surface area contributed by atoms with Crippen molar-refractivity contribution in [2.75, 3.05) is 11.5 Å². The molecule has 1 aliphatic carbocycles. The highest BCUT2D eigenvalue weighted by atomic mass is 32.1. The summed E-state index contributed by atoms with van der Waals surface area (Å²) in [4.78, 5) is 40.7. The monoisotopic (exact) mass is 367 g/mol. The molecule has 2 aliphatic rings. The van der Waals surface area contributed by atoms with Crippen LogP contribution in [-0.4, -0.2) is 24.4 Å². The van der Waals surface area contributed by atoms with Gasteiger partial charge in [-0.15, -0.1) is 11.3 Å². The Kier molecular flexibility index (Phi) is 4.20. The highest BCUT2D eigenvalue weighted by Gasteiger charge is 2.56. The number of thiophene rings is 1. The molecule has 0 unspecified atom stereocenters. The Bertz CT molecular complexity index is 888. The molecule has 26 heavy (non-hydrogen) atoms. The summed E-state index contributed by atoms with van der Waals surface area (Å²) < 4.78 is 5.16. The fraction of sp³-hybridized carbons (Fsp3) is 0.250. The summed E-state index contributed by atoms with van der Waals surface area (Å²) in [5.41, 5.74) is 0.978. The summed E-state index contributed by atoms with van der Waals surface area (Å²) in [6.07, 6.45) is 1.64. The number of carbonyl (C=O) groups is 3. The molecule has 0 radical (unpaired) electrons. The molecule has 0 N–H and O–H groups in total. The molecule has 0 bridgehead atoms. The van der Waals surface area contributed by atoms with E-state index in [1.165, 1.54) is 16.2 Å². The number of amides is 2. The van der Waals surface area contributed by atoms with E-state index in [-0.39, 0.29) is 18.4 Å². The molecular formula is C20H17NO4S. The van der Waals surface area contributed by atoms with Gasteiger partial charge in [-0.05, 0) is 30.5 Å². The first-order chi connectivity index (χ1) is 12.6. The summed E-state index contributed by atoms with van der Waals surface area (Å²) in [6.45, 7) is 1.99. The highest BCUT2D eigenvalue weighted by Crippen LogP contribution is 2.50. The van der Waals surface area contributed by atoms with Gasteiger partial charge < -0.3 is 4.74 Å². The summed E-state index contributed by atoms with van der Waals surface area (Å²) in [6, 6.07) is 12.7. The fourth-order valence-electron chi connectivity index (χ4n) is 3.77. The number of nitrogens with zero attached hydrogens (tertiary/aromatic N) is 1. The van der Waals surface area contributed by atoms with Crippen molar-refractivity contribution in [3.63, 3.8) is 0 Å². The van der Waals surface area contributed by atoms with Gasteiger partial charge in [0.1, 0.15) is 0 Å². The number of ether oxygens (including phenoxy) is 1. The third-order valence-corrected chi connectivity index (χ3v) is 5.78. The van der Waals surface area contributed by atoms with Gasteiger partial charge in [0.25, 0.3) is 0 Å². The van der Waals surface area contributed by atoms with Crippen LogP contribution in [0.25, 0.3) is 0 Å². The van der Waals surface area contributed by atoms with E-state index < -0.39 is 23.7 Å². The van der Waals surface area contributed by atoms with Crippen molar-refractivity contribution in [2.45, 2.75) is 12.8 Å². The molecule has 3 atom stereocenters. The Hall–Kier alpha value is -2.73. The van der Waals surface area contributed by atoms with Crippen molar-refractivity contribution in [3.05, 3.63) is 64.4 Å². The number of imide groups is 1. The van der Waals surface area contributed by atoms with Crippen LogP contribution in [-0.2, 0) is 19.1 Å². The maximum atomic E-state index is 13.2. The number of rotatable bonds is 4. The van der Waals surface area contributed by atoms with Gasteiger partial charge in [0.2, 0.25) is 11.8 Å². The minimum Gasteiger partial charge on any atom is -0.463 e. The second kappa shape index (κ2) is 6.53. The topological polar surface area (TPSA) is 63.7 Å². The molecule has 1 aromatic carbocycles. The minimum absolute atomic E-state index is 0.251. The molecule has 2 heterocycles. The Morgan fingerprint density at radius 2 is 1.88 bits per heavy atom. The van der Waals surface area contributed by atoms with Gasteiger partial charge >= 0.3 is 5.97 Å². The summed E-state index contributed by atoms with van der Waals surface area (Å²) in [7, 11) is 0. The number of para-hydroxylation sites is 1. The quantitative estimate of drug-likeness (QED) is 0.615. The van der Waals surface area contributed by atoms with E-state index in [1.54, 1.807) is 37.3 Å². The molecule has 1 fully saturated rings. The molecule has 0 saturated carbocycles. The molecule has 2 aromatic rings. The van der Waals surface area contributed by atoms with Crippen molar-refractivity contribution in [3.8, 4) is 0 Å². The molecule has 1 aromatic heterocycles. The maximum absolute atomic E-state index is 13.2. The van der Waals surface area contributed by atoms with Crippen molar-refractivity contribution >= 4 is 34.8 Å². The van der Waals surface area contributed by atoms with Gasteiger partial charge in [-0.2, -0.15) is 0 Å². The van der Waals surface area contributed by atoms with Gasteiger partial charge in [0, 0.05) is 16.4 Å². The van der Waals surface area contributed by atoms with Crippen LogP contribution >= 0.6 is 11.3 Å². The van der Waals surface area contributed by atoms with E-state index in [0.717, 1.165) is 4.88 Å². The van der Waals surface area contributed by atoms with Crippen LogP contribution < -0.4 is 4.90 Å². The second-order valence-electron chi connectivity index (χ2n) is 6.23. The Labute approximate surface area is 154 Å². The van der Waals surface area contributed by atoms with Crippen molar-refractivity contribution in [1.29, 1.82) is 0 Å². The van der Waals surface area contributed by atoms with Crippen LogP contribution in [0.2, 0.25) is 0 Å². The predicted molar refractivity (Wildman–Crippen MR) is 97.7 cm³/mol. The number of benzene rings is 1. The standard InChI is InChI=1S/C20H17NO4S/c1-2-25-20(24)14-11-13-17(16(14)15-9-6-10-26-15)19(23)21(18(13)22)12-7-4-3-5-8-12/h3-11,13,16-17H,2H2,1H3/t13-,16+,17-/m0/s1. The minimum atomic E-state index is -0.630. The molecule has 132 valence electrons. The van der Waals surface area contributed by atoms with Crippen molar-refractivity contribution in [1.82, 2.24) is 0 Å². The van der Waals surface area contributed by atoms with Gasteiger partial charge in [-0.25, -0.2) is 9.69 Å². The predicted octanol–water partition coefficient (Wildman–Crippen LogP) is 3.14. The lowest BCUT2D eigenvalue weighted by Gasteiger charge is -2.20. The number of esters is 1. The molecule has 2 amide bonds. The normalized spacial score (nSPS) is 24.6. The maximum Gasteiger partial charge on any atom is 0.334 e. The van der Waals surface area contributed by atoms with E-state index in [1.807, 2.05) is 23.6 Å². The average Bonchev–Trinajstić information content (AvgIpc) is 3.34. The number of hydrogen-bond donors (Lipinski definition) is 0. The van der Waals surface area contributed by atoms with Crippen LogP contribution in [0, 0.1) is 11.8 Å². The van der Waals surface area contributed by atoms with Crippen molar-refractivity contribution in [2.24, 2.45) is 11.8 Å². The second-order valence-corrected chi connectivity index (χ2v) is 7.21. The lowest BCUT2D eigenvalue weighted by atomic mass is 9.86. The molecule has 1 saturated heterocycles. The third kappa shape index (κ3) is 2.49. The van der Waals surface area contributed by atoms with Crippen LogP contribution in [0.5, 0.6) is 0 Å². The van der Waals surface area contributed by atoms with Gasteiger partial charge in [0.15, 0.2) is 0 Å². The third-order valence-electron chi connectivity index (χ3n) is 4.83. The molecule has 5 nitrogen and oxygen atoms in total. The lowest BCUT2D eigenvalue weighted by Crippen LogP contribution is -2.33. The first-order valence-corrected chi connectivity index (χ1v) is 9.36. The Balaban J connectivity index is 1.77. The van der Waals surface area contributed by atoms with Crippen LogP contribution in [0.3, 0.4) is 0 Å². The zero-order valence-corrected chi connectivity index (χ0v) is 14.9. The van der Waals surface area contributed by atoms with E-state index in [0.29, 0.717) is 11.3 Å². The SMILES string of the molecule is CCOC(=O)C1=C[C@@H]2C(=O)N(c3ccccc3)C(=O)[C@@H]2[C@H]1c1cccs1. The van der Waals surface area contributed by atoms with E-state index in [2.05, 4.69) is 0 Å². The molecule has 6 heteroatoms. The largest absolute Gasteiger partial charge is 0.463 e. The van der Waals surface area contributed by atoms with Crippen molar-refractivity contribution < 1.29 is 19.1 Å². The molecule has 1 aliphatic heterocycles. The first-order valence-electron chi connectivity index (χ1n) is 8.48. The van der Waals surface area contributed by atoms with Gasteiger partial charge in [-0.3, -0.25) is 9.59 Å². The van der Waals surface area contributed by atoms with Crippen LogP contribution in [0.1, 0.15) is 17.7 Å². The summed E-state index contributed by atoms with van der Waals surface area (Å²) in [5.74, 6) is -2.67. The number of hydrogen-bond acceptors (Lipinski definition) is 5. The zero-order valence-electron chi connectivity index (χ0n) is 14.1. The van der Waals surface area contributed by atoms with Gasteiger partial charge in [0.05, 0.1) is 24.1 Å². The summed E-state index contributed by atoms with van der Waals surface area (Å²) >= 11 is 1.48. The number of anilines is 1. The zero-order chi connectivity index (χ0) is 18.3. The van der Waals surface area contributed by atoms with Gasteiger partial charge in [-0.1, -0.05) is 30.3 Å². The Morgan fingerprint density at radius 1 is 1.12 bits per heavy atom. The van der Waals surface area contributed by atoms with E-state index >= 15 is 0 Å². The van der Waals surface area contributed by atoms with Crippen LogP contribution in [0.4, 0.5) is 5.69 Å². The first kappa shape index (κ1) is 16.7.